The van der Waals surface area contributed by atoms with E-state index in [-0.39, 0.29) is 16.7 Å². The zero-order chi connectivity index (χ0) is 19.3. The molecule has 2 fully saturated rings. The molecule has 1 aliphatic heterocycles. The maximum atomic E-state index is 13.3. The van der Waals surface area contributed by atoms with Crippen molar-refractivity contribution in [2.45, 2.75) is 34.6 Å². The van der Waals surface area contributed by atoms with E-state index in [4.69, 9.17) is 0 Å². The van der Waals surface area contributed by atoms with Crippen LogP contribution in [0.4, 0.5) is 8.78 Å². The molecule has 0 aromatic carbocycles. The summed E-state index contributed by atoms with van der Waals surface area (Å²) >= 11 is 1.73. The predicted octanol–water partition coefficient (Wildman–Crippen LogP) is 2.28. The van der Waals surface area contributed by atoms with Crippen LogP contribution >= 0.6 is 11.8 Å². The van der Waals surface area contributed by atoms with Crippen LogP contribution in [0.2, 0.25) is 0 Å². The van der Waals surface area contributed by atoms with Crippen molar-refractivity contribution in [3.05, 3.63) is 24.3 Å². The van der Waals surface area contributed by atoms with Crippen LogP contribution in [-0.4, -0.2) is 50.4 Å². The van der Waals surface area contributed by atoms with Gasteiger partial charge in [0, 0.05) is 44.8 Å². The summed E-state index contributed by atoms with van der Waals surface area (Å²) < 4.78 is 56.6. The Morgan fingerprint density at radius 1 is 1.22 bits per heavy atom. The van der Waals surface area contributed by atoms with Gasteiger partial charge in [0.15, 0.2) is 5.16 Å². The number of aromatic nitrogens is 4. The maximum absolute atomic E-state index is 13.3. The first-order valence-electron chi connectivity index (χ1n) is 8.71. The van der Waals surface area contributed by atoms with Gasteiger partial charge in [-0.1, -0.05) is 11.8 Å². The number of hydrogen-bond donors (Lipinski definition) is 0. The number of hydrogen-bond acceptors (Lipinski definition) is 5. The summed E-state index contributed by atoms with van der Waals surface area (Å²) in [7, 11) is -0.679. The molecule has 2 aromatic rings. The highest BCUT2D eigenvalue weighted by atomic mass is 32.2. The number of halogens is 2. The number of rotatable bonds is 5. The van der Waals surface area contributed by atoms with Gasteiger partial charge in [0.1, 0.15) is 10.6 Å². The fourth-order valence-corrected chi connectivity index (χ4v) is 7.18. The molecule has 2 aliphatic rings. The lowest BCUT2D eigenvalue weighted by Gasteiger charge is -2.19. The summed E-state index contributed by atoms with van der Waals surface area (Å²) in [5.74, 6) is 0.508. The second kappa shape index (κ2) is 6.85. The van der Waals surface area contributed by atoms with Gasteiger partial charge in [0.2, 0.25) is 10.0 Å². The van der Waals surface area contributed by atoms with Crippen molar-refractivity contribution in [1.29, 1.82) is 0 Å². The Balaban J connectivity index is 1.46. The molecule has 0 radical (unpaired) electrons. The van der Waals surface area contributed by atoms with Gasteiger partial charge in [-0.05, 0) is 24.7 Å². The van der Waals surface area contributed by atoms with Crippen LogP contribution in [0.1, 0.15) is 25.0 Å². The van der Waals surface area contributed by atoms with Gasteiger partial charge >= 0.3 is 0 Å². The monoisotopic (exact) mass is 417 g/mol. The minimum absolute atomic E-state index is 0.254. The smallest absolute Gasteiger partial charge is 0.281 e. The first kappa shape index (κ1) is 18.9. The van der Waals surface area contributed by atoms with E-state index >= 15 is 0 Å². The number of aryl methyl sites for hydroxylation is 2. The van der Waals surface area contributed by atoms with Gasteiger partial charge in [-0.25, -0.2) is 22.2 Å². The van der Waals surface area contributed by atoms with Crippen molar-refractivity contribution in [2.75, 3.05) is 13.1 Å². The van der Waals surface area contributed by atoms with E-state index < -0.39 is 22.1 Å². The molecule has 27 heavy (non-hydrogen) atoms. The largest absolute Gasteiger partial charge is 0.329 e. The highest BCUT2D eigenvalue weighted by Crippen LogP contribution is 2.46. The van der Waals surface area contributed by atoms with Crippen molar-refractivity contribution >= 4 is 21.8 Å². The van der Waals surface area contributed by atoms with Crippen molar-refractivity contribution in [3.8, 4) is 0 Å². The first-order valence-corrected chi connectivity index (χ1v) is 11.0. The van der Waals surface area contributed by atoms with E-state index in [1.165, 1.54) is 11.4 Å². The molecule has 0 unspecified atom stereocenters. The summed E-state index contributed by atoms with van der Waals surface area (Å²) in [5.41, 5.74) is -0.546. The lowest BCUT2D eigenvalue weighted by Crippen LogP contribution is -2.31. The van der Waals surface area contributed by atoms with Gasteiger partial charge in [-0.3, -0.25) is 4.68 Å². The average molecular weight is 418 g/mol. The summed E-state index contributed by atoms with van der Waals surface area (Å²) in [4.78, 5) is 3.96. The molecule has 0 amide bonds. The number of thioether (sulfide) groups is 1. The molecular weight excluding hydrogens is 396 g/mol. The molecule has 3 heterocycles. The highest BCUT2D eigenvalue weighted by molar-refractivity contribution is 7.99. The molecule has 0 N–H and O–H groups in total. The van der Waals surface area contributed by atoms with E-state index in [1.807, 2.05) is 17.8 Å². The quantitative estimate of drug-likeness (QED) is 0.746. The molecular formula is C16H21F2N5O2S2. The van der Waals surface area contributed by atoms with Crippen molar-refractivity contribution in [3.63, 3.8) is 0 Å². The van der Waals surface area contributed by atoms with Gasteiger partial charge in [-0.15, -0.1) is 0 Å². The van der Waals surface area contributed by atoms with Crippen molar-refractivity contribution in [2.24, 2.45) is 25.9 Å². The van der Waals surface area contributed by atoms with Crippen LogP contribution in [-0.2, 0) is 24.1 Å². The van der Waals surface area contributed by atoms with Crippen molar-refractivity contribution in [1.82, 2.24) is 23.6 Å². The Bertz CT molecular complexity index is 929. The third-order valence-electron chi connectivity index (χ3n) is 5.50. The van der Waals surface area contributed by atoms with Crippen LogP contribution in [0.5, 0.6) is 0 Å². The van der Waals surface area contributed by atoms with E-state index in [9.17, 15) is 17.2 Å². The number of nitrogens with zero attached hydrogens (tertiary/aromatic N) is 5. The van der Waals surface area contributed by atoms with Gasteiger partial charge in [0.25, 0.3) is 6.43 Å². The van der Waals surface area contributed by atoms with Crippen LogP contribution in [0.25, 0.3) is 0 Å². The molecule has 1 saturated carbocycles. The van der Waals surface area contributed by atoms with E-state index in [0.29, 0.717) is 18.3 Å². The highest BCUT2D eigenvalue weighted by Gasteiger charge is 2.46. The van der Waals surface area contributed by atoms with Gasteiger partial charge in [0.05, 0.1) is 6.20 Å². The molecule has 148 valence electrons. The Kier molecular flexibility index (Phi) is 4.79. The normalized spacial score (nSPS) is 26.2. The van der Waals surface area contributed by atoms with Gasteiger partial charge < -0.3 is 4.57 Å². The number of imidazole rings is 1. The Morgan fingerprint density at radius 2 is 1.89 bits per heavy atom. The molecule has 0 bridgehead atoms. The fraction of sp³-hybridized carbons (Fsp3) is 0.625. The molecule has 7 nitrogen and oxygen atoms in total. The third kappa shape index (κ3) is 3.29. The third-order valence-corrected chi connectivity index (χ3v) is 8.67. The number of sulfonamides is 1. The second-order valence-corrected chi connectivity index (χ2v) is 10.4. The fourth-order valence-electron chi connectivity index (χ4n) is 4.12. The molecule has 11 heteroatoms. The van der Waals surface area contributed by atoms with Crippen LogP contribution < -0.4 is 0 Å². The minimum atomic E-state index is -3.96. The van der Waals surface area contributed by atoms with Crippen LogP contribution in [0, 0.1) is 11.8 Å². The Hall–Kier alpha value is -1.46. The van der Waals surface area contributed by atoms with E-state index in [0.717, 1.165) is 28.9 Å². The zero-order valence-electron chi connectivity index (χ0n) is 15.0. The summed E-state index contributed by atoms with van der Waals surface area (Å²) in [6.07, 6.45) is 3.63. The summed E-state index contributed by atoms with van der Waals surface area (Å²) in [5, 5.41) is 5.09. The summed E-state index contributed by atoms with van der Waals surface area (Å²) in [6.45, 7) is 0.754. The Morgan fingerprint density at radius 3 is 2.44 bits per heavy atom. The maximum Gasteiger partial charge on any atom is 0.281 e. The Labute approximate surface area is 160 Å². The lowest BCUT2D eigenvalue weighted by molar-refractivity contribution is 0.137. The van der Waals surface area contributed by atoms with E-state index in [2.05, 4.69) is 10.1 Å². The predicted molar refractivity (Wildman–Crippen MR) is 96.0 cm³/mol. The van der Waals surface area contributed by atoms with Crippen molar-refractivity contribution < 1.29 is 17.2 Å². The lowest BCUT2D eigenvalue weighted by atomic mass is 10.0. The summed E-state index contributed by atoms with van der Waals surface area (Å²) in [6, 6.07) is 0. The molecule has 3 atom stereocenters. The van der Waals surface area contributed by atoms with Crippen LogP contribution in [0.3, 0.4) is 0 Å². The topological polar surface area (TPSA) is 73.0 Å². The molecule has 1 aliphatic carbocycles. The molecule has 0 spiro atoms. The van der Waals surface area contributed by atoms with Crippen LogP contribution in [0.15, 0.2) is 28.6 Å². The van der Waals surface area contributed by atoms with Gasteiger partial charge in [-0.2, -0.15) is 9.40 Å². The molecule has 4 rings (SSSR count). The minimum Gasteiger partial charge on any atom is -0.329 e. The zero-order valence-corrected chi connectivity index (χ0v) is 16.6. The number of fused-ring (bicyclic) bond motifs is 1. The molecule has 1 saturated heterocycles. The standard InChI is InChI=1S/C16H21F2N5O2S2/c1-21-4-3-19-16(21)26-12-5-10-8-23(9-11(10)6-12)27(24,25)13-7-20-22(2)14(13)15(17)18/h3-4,7,10-12,15H,5-6,8-9H2,1-2H3/t10-,11+,12+. The molecule has 2 aromatic heterocycles. The second-order valence-electron chi connectivity index (χ2n) is 7.19. The van der Waals surface area contributed by atoms with E-state index in [1.54, 1.807) is 18.0 Å². The SMILES string of the molecule is Cn1ccnc1S[C@H]1C[C@@H]2CN(S(=O)(=O)c3cnn(C)c3C(F)F)C[C@@H]2C1. The average Bonchev–Trinajstić information content (AvgIpc) is 3.32. The number of alkyl halides is 2. The first-order chi connectivity index (χ1) is 12.8.